The van der Waals surface area contributed by atoms with Crippen LogP contribution in [0, 0.1) is 0 Å². The van der Waals surface area contributed by atoms with Crippen molar-refractivity contribution in [3.05, 3.63) is 62.4 Å². The molecule has 2 N–H and O–H groups in total. The standard InChI is InChI=1S/C16H12BrCl2N5O3/c17-11-7-24(6-9-1-2-10(18)5-12(9)19)22-15(11)20-16(27)13-3-4-23(21-13)8-14(25)26/h1-5,7H,6,8H2,(H,25,26)(H,20,22,27). The summed E-state index contributed by atoms with van der Waals surface area (Å²) in [5.41, 5.74) is 0.903. The van der Waals surface area contributed by atoms with E-state index in [1.165, 1.54) is 12.3 Å². The number of amides is 1. The van der Waals surface area contributed by atoms with Crippen LogP contribution in [0.4, 0.5) is 5.82 Å². The molecule has 3 aromatic rings. The number of benzene rings is 1. The third-order valence-electron chi connectivity index (χ3n) is 3.47. The predicted molar refractivity (Wildman–Crippen MR) is 103 cm³/mol. The third kappa shape index (κ3) is 4.88. The van der Waals surface area contributed by atoms with E-state index in [9.17, 15) is 9.59 Å². The molecule has 0 bridgehead atoms. The fraction of sp³-hybridized carbons (Fsp3) is 0.125. The first-order chi connectivity index (χ1) is 12.8. The van der Waals surface area contributed by atoms with Crippen molar-refractivity contribution in [2.45, 2.75) is 13.1 Å². The summed E-state index contributed by atoms with van der Waals surface area (Å²) in [4.78, 5) is 23.0. The maximum Gasteiger partial charge on any atom is 0.325 e. The van der Waals surface area contributed by atoms with Crippen LogP contribution in [0.25, 0.3) is 0 Å². The van der Waals surface area contributed by atoms with Crippen LogP contribution in [-0.4, -0.2) is 36.5 Å². The van der Waals surface area contributed by atoms with Crippen molar-refractivity contribution in [3.8, 4) is 0 Å². The van der Waals surface area contributed by atoms with Gasteiger partial charge < -0.3 is 10.4 Å². The number of aromatic nitrogens is 4. The van der Waals surface area contributed by atoms with Gasteiger partial charge in [0.25, 0.3) is 5.91 Å². The Morgan fingerprint density at radius 2 is 1.96 bits per heavy atom. The monoisotopic (exact) mass is 471 g/mol. The fourth-order valence-electron chi connectivity index (χ4n) is 2.27. The molecule has 0 saturated carbocycles. The molecule has 8 nitrogen and oxygen atoms in total. The number of rotatable bonds is 6. The number of aliphatic carboxylic acids is 1. The highest BCUT2D eigenvalue weighted by Crippen LogP contribution is 2.24. The van der Waals surface area contributed by atoms with Gasteiger partial charge in [0.15, 0.2) is 11.5 Å². The van der Waals surface area contributed by atoms with Gasteiger partial charge in [0.05, 0.1) is 11.0 Å². The van der Waals surface area contributed by atoms with Crippen LogP contribution >= 0.6 is 39.1 Å². The van der Waals surface area contributed by atoms with Crippen molar-refractivity contribution in [1.82, 2.24) is 19.6 Å². The summed E-state index contributed by atoms with van der Waals surface area (Å²) in [5, 5.41) is 20.7. The molecular formula is C16H12BrCl2N5O3. The van der Waals surface area contributed by atoms with Crippen LogP contribution in [0.1, 0.15) is 16.1 Å². The Morgan fingerprint density at radius 3 is 2.67 bits per heavy atom. The largest absolute Gasteiger partial charge is 0.480 e. The van der Waals surface area contributed by atoms with Gasteiger partial charge in [0.1, 0.15) is 6.54 Å². The Morgan fingerprint density at radius 1 is 1.19 bits per heavy atom. The van der Waals surface area contributed by atoms with Crippen molar-refractivity contribution in [1.29, 1.82) is 0 Å². The Kier molecular flexibility index (Phi) is 5.83. The molecule has 0 aliphatic carbocycles. The highest BCUT2D eigenvalue weighted by molar-refractivity contribution is 9.10. The van der Waals surface area contributed by atoms with Crippen molar-refractivity contribution in [2.24, 2.45) is 0 Å². The number of carbonyl (C=O) groups excluding carboxylic acids is 1. The Bertz CT molecular complexity index is 1020. The number of hydrogen-bond acceptors (Lipinski definition) is 4. The molecule has 0 spiro atoms. The summed E-state index contributed by atoms with van der Waals surface area (Å²) in [6.45, 7) is 0.0607. The highest BCUT2D eigenvalue weighted by atomic mass is 79.9. The van der Waals surface area contributed by atoms with Gasteiger partial charge in [-0.25, -0.2) is 0 Å². The van der Waals surface area contributed by atoms with Gasteiger partial charge in [-0.1, -0.05) is 29.3 Å². The maximum atomic E-state index is 12.3. The molecule has 1 amide bonds. The zero-order valence-corrected chi connectivity index (χ0v) is 16.7. The lowest BCUT2D eigenvalue weighted by Gasteiger charge is -2.05. The topological polar surface area (TPSA) is 102 Å². The van der Waals surface area contributed by atoms with Crippen molar-refractivity contribution in [3.63, 3.8) is 0 Å². The Balaban J connectivity index is 1.71. The zero-order valence-electron chi connectivity index (χ0n) is 13.6. The van der Waals surface area contributed by atoms with E-state index in [0.29, 0.717) is 26.9 Å². The SMILES string of the molecule is O=C(O)Cn1ccc(C(=O)Nc2nn(Cc3ccc(Cl)cc3Cl)cc2Br)n1. The first kappa shape index (κ1) is 19.4. The van der Waals surface area contributed by atoms with E-state index >= 15 is 0 Å². The molecule has 3 rings (SSSR count). The van der Waals surface area contributed by atoms with E-state index in [-0.39, 0.29) is 12.2 Å². The van der Waals surface area contributed by atoms with E-state index < -0.39 is 11.9 Å². The molecule has 1 aromatic carbocycles. The van der Waals surface area contributed by atoms with E-state index in [0.717, 1.165) is 10.2 Å². The highest BCUT2D eigenvalue weighted by Gasteiger charge is 2.15. The van der Waals surface area contributed by atoms with E-state index in [2.05, 4.69) is 31.4 Å². The molecule has 0 unspecified atom stereocenters. The zero-order chi connectivity index (χ0) is 19.6. The summed E-state index contributed by atoms with van der Waals surface area (Å²) in [6, 6.07) is 6.61. The number of carboxylic acid groups (broad SMARTS) is 1. The summed E-state index contributed by atoms with van der Waals surface area (Å²) in [6.07, 6.45) is 3.11. The van der Waals surface area contributed by atoms with Crippen molar-refractivity contribution >= 4 is 56.8 Å². The Hall–Kier alpha value is -2.36. The number of nitrogens with one attached hydrogen (secondary N) is 1. The van der Waals surface area contributed by atoms with Crippen molar-refractivity contribution < 1.29 is 14.7 Å². The summed E-state index contributed by atoms with van der Waals surface area (Å²) >= 11 is 15.4. The fourth-order valence-corrected chi connectivity index (χ4v) is 3.15. The number of hydrogen-bond donors (Lipinski definition) is 2. The van der Waals surface area contributed by atoms with Crippen LogP contribution in [0.3, 0.4) is 0 Å². The lowest BCUT2D eigenvalue weighted by atomic mass is 10.2. The molecular weight excluding hydrogens is 461 g/mol. The van der Waals surface area contributed by atoms with Crippen LogP contribution in [0.2, 0.25) is 10.0 Å². The first-order valence-corrected chi connectivity index (χ1v) is 9.10. The minimum absolute atomic E-state index is 0.0819. The Labute approximate surface area is 171 Å². The van der Waals surface area contributed by atoms with E-state index in [1.54, 1.807) is 29.1 Å². The molecule has 0 aliphatic heterocycles. The van der Waals surface area contributed by atoms with Crippen LogP contribution < -0.4 is 5.32 Å². The maximum absolute atomic E-state index is 12.3. The van der Waals surface area contributed by atoms with Gasteiger partial charge in [0.2, 0.25) is 0 Å². The van der Waals surface area contributed by atoms with Gasteiger partial charge in [-0.15, -0.1) is 0 Å². The summed E-state index contributed by atoms with van der Waals surface area (Å²) < 4.78 is 3.34. The normalized spacial score (nSPS) is 10.8. The number of carbonyl (C=O) groups is 2. The van der Waals surface area contributed by atoms with Gasteiger partial charge in [-0.3, -0.25) is 19.0 Å². The number of halogens is 3. The molecule has 2 aromatic heterocycles. The lowest BCUT2D eigenvalue weighted by Crippen LogP contribution is -2.15. The van der Waals surface area contributed by atoms with E-state index in [4.69, 9.17) is 28.3 Å². The van der Waals surface area contributed by atoms with Gasteiger partial charge in [-0.05, 0) is 39.7 Å². The molecule has 0 atom stereocenters. The van der Waals surface area contributed by atoms with Crippen LogP contribution in [0.5, 0.6) is 0 Å². The number of nitrogens with zero attached hydrogens (tertiary/aromatic N) is 4. The second-order valence-electron chi connectivity index (χ2n) is 5.51. The van der Waals surface area contributed by atoms with Gasteiger partial charge in [-0.2, -0.15) is 10.2 Å². The van der Waals surface area contributed by atoms with E-state index in [1.807, 2.05) is 0 Å². The van der Waals surface area contributed by atoms with Gasteiger partial charge >= 0.3 is 5.97 Å². The predicted octanol–water partition coefficient (Wildman–Crippen LogP) is 3.53. The molecule has 0 aliphatic rings. The van der Waals surface area contributed by atoms with Crippen LogP contribution in [0.15, 0.2) is 41.1 Å². The lowest BCUT2D eigenvalue weighted by molar-refractivity contribution is -0.137. The second kappa shape index (κ2) is 8.12. The number of carboxylic acids is 1. The number of anilines is 1. The molecule has 2 heterocycles. The average Bonchev–Trinajstić information content (AvgIpc) is 3.17. The van der Waals surface area contributed by atoms with Gasteiger partial charge in [0, 0.05) is 22.4 Å². The quantitative estimate of drug-likeness (QED) is 0.571. The smallest absolute Gasteiger partial charge is 0.325 e. The molecule has 11 heteroatoms. The summed E-state index contributed by atoms with van der Waals surface area (Å²) in [5.74, 6) is -1.25. The molecule has 0 saturated heterocycles. The average molecular weight is 473 g/mol. The molecule has 140 valence electrons. The second-order valence-corrected chi connectivity index (χ2v) is 7.20. The molecule has 27 heavy (non-hydrogen) atoms. The minimum Gasteiger partial charge on any atom is -0.480 e. The summed E-state index contributed by atoms with van der Waals surface area (Å²) in [7, 11) is 0. The molecule has 0 radical (unpaired) electrons. The first-order valence-electron chi connectivity index (χ1n) is 7.55. The van der Waals surface area contributed by atoms with Crippen LogP contribution in [-0.2, 0) is 17.9 Å². The third-order valence-corrected chi connectivity index (χ3v) is 4.63. The van der Waals surface area contributed by atoms with Crippen molar-refractivity contribution in [2.75, 3.05) is 5.32 Å². The minimum atomic E-state index is -1.05. The molecule has 0 fully saturated rings.